The highest BCUT2D eigenvalue weighted by atomic mass is 127. The Morgan fingerprint density at radius 2 is 1.89 bits per heavy atom. The van der Waals surface area contributed by atoms with E-state index >= 15 is 0 Å². The first-order chi connectivity index (χ1) is 8.71. The summed E-state index contributed by atoms with van der Waals surface area (Å²) in [6.45, 7) is 0. The van der Waals surface area contributed by atoms with Crippen molar-refractivity contribution in [1.82, 2.24) is 10.2 Å². The van der Waals surface area contributed by atoms with Crippen LogP contribution in [0.3, 0.4) is 0 Å². The van der Waals surface area contributed by atoms with E-state index in [4.69, 9.17) is 34.8 Å². The number of nitrogens with zero attached hydrogens (tertiary/aromatic N) is 1. The fourth-order valence-electron chi connectivity index (χ4n) is 1.19. The number of hydrogen-bond acceptors (Lipinski definition) is 2. The third-order valence-electron chi connectivity index (χ3n) is 2.18. The number of alkyl halides is 3. The van der Waals surface area contributed by atoms with E-state index in [1.54, 1.807) is 14.1 Å². The molecule has 1 aromatic carbocycles. The van der Waals surface area contributed by atoms with Gasteiger partial charge in [-0.25, -0.2) is 4.79 Å². The minimum Gasteiger partial charge on any atom is -0.361 e. The van der Waals surface area contributed by atoms with Crippen LogP contribution >= 0.6 is 57.4 Å². The molecule has 19 heavy (non-hydrogen) atoms. The van der Waals surface area contributed by atoms with Gasteiger partial charge in [0.25, 0.3) is 0 Å². The molecule has 106 valence electrons. The number of nitrogens with one attached hydrogen (secondary N) is 2. The smallest absolute Gasteiger partial charge is 0.318 e. The maximum atomic E-state index is 11.7. The van der Waals surface area contributed by atoms with Crippen LogP contribution in [-0.2, 0) is 0 Å². The first-order valence-electron chi connectivity index (χ1n) is 5.27. The van der Waals surface area contributed by atoms with Gasteiger partial charge >= 0.3 is 6.03 Å². The van der Waals surface area contributed by atoms with Crippen molar-refractivity contribution < 1.29 is 4.79 Å². The Bertz CT molecular complexity index is 451. The Labute approximate surface area is 140 Å². The van der Waals surface area contributed by atoms with Gasteiger partial charge in [0.05, 0.1) is 0 Å². The highest BCUT2D eigenvalue weighted by Crippen LogP contribution is 2.32. The average molecular weight is 437 g/mol. The Morgan fingerprint density at radius 3 is 2.37 bits per heavy atom. The normalized spacial score (nSPS) is 12.7. The van der Waals surface area contributed by atoms with Crippen molar-refractivity contribution in [3.63, 3.8) is 0 Å². The zero-order valence-electron chi connectivity index (χ0n) is 10.3. The van der Waals surface area contributed by atoms with Crippen molar-refractivity contribution in [1.29, 1.82) is 0 Å². The van der Waals surface area contributed by atoms with Gasteiger partial charge in [-0.05, 0) is 34.7 Å². The maximum absolute atomic E-state index is 11.7. The summed E-state index contributed by atoms with van der Waals surface area (Å²) in [4.78, 5) is 13.0. The molecule has 8 heteroatoms. The van der Waals surface area contributed by atoms with Crippen LogP contribution in [-0.4, -0.2) is 35.0 Å². The lowest BCUT2D eigenvalue weighted by Crippen LogP contribution is -2.52. The van der Waals surface area contributed by atoms with Gasteiger partial charge in [0, 0.05) is 23.4 Å². The number of amides is 2. The number of urea groups is 1. The lowest BCUT2D eigenvalue weighted by atomic mass is 10.3. The topological polar surface area (TPSA) is 44.4 Å². The lowest BCUT2D eigenvalue weighted by Gasteiger charge is -2.29. The molecule has 0 bridgehead atoms. The van der Waals surface area contributed by atoms with E-state index in [1.807, 2.05) is 24.3 Å². The van der Waals surface area contributed by atoms with E-state index in [0.717, 1.165) is 9.26 Å². The van der Waals surface area contributed by atoms with Gasteiger partial charge in [-0.1, -0.05) is 46.9 Å². The van der Waals surface area contributed by atoms with E-state index in [1.165, 1.54) is 4.90 Å². The zero-order chi connectivity index (χ0) is 14.6. The van der Waals surface area contributed by atoms with E-state index < -0.39 is 9.96 Å². The molecule has 0 saturated carbocycles. The van der Waals surface area contributed by atoms with Gasteiger partial charge in [0.1, 0.15) is 6.17 Å². The van der Waals surface area contributed by atoms with Crippen molar-refractivity contribution in [2.75, 3.05) is 19.4 Å². The summed E-state index contributed by atoms with van der Waals surface area (Å²) < 4.78 is -0.719. The Hall–Kier alpha value is -0.110. The first kappa shape index (κ1) is 16.9. The highest BCUT2D eigenvalue weighted by Gasteiger charge is 2.34. The van der Waals surface area contributed by atoms with Crippen LogP contribution in [0, 0.1) is 3.57 Å². The second-order valence-corrected chi connectivity index (χ2v) is 7.47. The van der Waals surface area contributed by atoms with Crippen molar-refractivity contribution >= 4 is 69.1 Å². The summed E-state index contributed by atoms with van der Waals surface area (Å²) in [5.74, 6) is 0. The first-order valence-corrected chi connectivity index (χ1v) is 7.48. The lowest BCUT2D eigenvalue weighted by molar-refractivity contribution is 0.214. The minimum atomic E-state index is -1.68. The molecule has 0 aromatic heterocycles. The Kier molecular flexibility index (Phi) is 6.29. The predicted molar refractivity (Wildman–Crippen MR) is 89.1 cm³/mol. The molecule has 1 atom stereocenters. The molecule has 1 rings (SSSR count). The molecule has 1 aromatic rings. The molecule has 0 heterocycles. The standard InChI is InChI=1S/C11H13Cl3IN3O/c1-18(2)10(19)17-9(11(12,13)14)16-8-6-4-3-5-7(8)15/h3-6,9,16H,1-2H3,(H,17,19)/t9-/m0/s1. The van der Waals surface area contributed by atoms with Crippen molar-refractivity contribution in [2.24, 2.45) is 0 Å². The summed E-state index contributed by atoms with van der Waals surface area (Å²) in [7, 11) is 3.22. The van der Waals surface area contributed by atoms with Crippen LogP contribution in [0.1, 0.15) is 0 Å². The molecule has 2 N–H and O–H groups in total. The number of para-hydroxylation sites is 1. The molecule has 0 unspecified atom stereocenters. The zero-order valence-corrected chi connectivity index (χ0v) is 14.7. The van der Waals surface area contributed by atoms with E-state index in [2.05, 4.69) is 33.2 Å². The third kappa shape index (κ3) is 5.41. The quantitative estimate of drug-likeness (QED) is 0.432. The molecule has 0 fully saturated rings. The monoisotopic (exact) mass is 435 g/mol. The summed E-state index contributed by atoms with van der Waals surface area (Å²) >= 11 is 19.8. The maximum Gasteiger partial charge on any atom is 0.318 e. The fraction of sp³-hybridized carbons (Fsp3) is 0.364. The molecule has 0 aliphatic rings. The molecule has 0 radical (unpaired) electrons. The van der Waals surface area contributed by atoms with Crippen LogP contribution < -0.4 is 10.6 Å². The second-order valence-electron chi connectivity index (χ2n) is 3.94. The van der Waals surface area contributed by atoms with Gasteiger partial charge in [-0.15, -0.1) is 0 Å². The van der Waals surface area contributed by atoms with Crippen LogP contribution in [0.4, 0.5) is 10.5 Å². The fourth-order valence-corrected chi connectivity index (χ4v) is 2.06. The van der Waals surface area contributed by atoms with Gasteiger partial charge in [-0.3, -0.25) is 0 Å². The number of benzene rings is 1. The summed E-state index contributed by atoms with van der Waals surface area (Å²) in [6.07, 6.45) is -0.844. The third-order valence-corrected chi connectivity index (χ3v) is 3.77. The van der Waals surface area contributed by atoms with Gasteiger partial charge in [0.2, 0.25) is 3.79 Å². The molecular weight excluding hydrogens is 423 g/mol. The number of carbonyl (C=O) groups is 1. The van der Waals surface area contributed by atoms with E-state index in [0.29, 0.717) is 0 Å². The summed E-state index contributed by atoms with van der Waals surface area (Å²) in [5.41, 5.74) is 0.776. The van der Waals surface area contributed by atoms with Crippen LogP contribution in [0.5, 0.6) is 0 Å². The number of anilines is 1. The van der Waals surface area contributed by atoms with Crippen LogP contribution in [0.25, 0.3) is 0 Å². The average Bonchev–Trinajstić information content (AvgIpc) is 2.29. The number of halogens is 4. The van der Waals surface area contributed by atoms with Crippen LogP contribution in [0.2, 0.25) is 0 Å². The summed E-state index contributed by atoms with van der Waals surface area (Å²) in [6, 6.07) is 7.15. The molecule has 0 spiro atoms. The van der Waals surface area contributed by atoms with Crippen molar-refractivity contribution in [3.05, 3.63) is 27.8 Å². The van der Waals surface area contributed by atoms with Gasteiger partial charge in [0.15, 0.2) is 0 Å². The molecule has 2 amide bonds. The molecule has 0 saturated heterocycles. The van der Waals surface area contributed by atoms with Gasteiger partial charge < -0.3 is 15.5 Å². The van der Waals surface area contributed by atoms with Crippen molar-refractivity contribution in [2.45, 2.75) is 9.96 Å². The largest absolute Gasteiger partial charge is 0.361 e. The minimum absolute atomic E-state index is 0.352. The Balaban J connectivity index is 2.88. The number of rotatable bonds is 3. The van der Waals surface area contributed by atoms with Crippen molar-refractivity contribution in [3.8, 4) is 0 Å². The highest BCUT2D eigenvalue weighted by molar-refractivity contribution is 14.1. The Morgan fingerprint density at radius 1 is 1.32 bits per heavy atom. The molecule has 4 nitrogen and oxygen atoms in total. The van der Waals surface area contributed by atoms with E-state index in [9.17, 15) is 4.79 Å². The number of carbonyl (C=O) groups excluding carboxylic acids is 1. The SMILES string of the molecule is CN(C)C(=O)N[C@H](Nc1ccccc1I)C(Cl)(Cl)Cl. The summed E-state index contributed by atoms with van der Waals surface area (Å²) in [5, 5.41) is 5.62. The second kappa shape index (κ2) is 7.06. The van der Waals surface area contributed by atoms with E-state index in [-0.39, 0.29) is 6.03 Å². The van der Waals surface area contributed by atoms with Gasteiger partial charge in [-0.2, -0.15) is 0 Å². The molecule has 0 aliphatic carbocycles. The molecular formula is C11H13Cl3IN3O. The van der Waals surface area contributed by atoms with Crippen LogP contribution in [0.15, 0.2) is 24.3 Å². The predicted octanol–water partition coefficient (Wildman–Crippen LogP) is 3.67. The number of hydrogen-bond donors (Lipinski definition) is 2. The molecule has 0 aliphatic heterocycles.